The number of aromatic nitrogens is 2. The fourth-order valence-corrected chi connectivity index (χ4v) is 5.38. The van der Waals surface area contributed by atoms with Crippen LogP contribution in [0.1, 0.15) is 54.6 Å². The molecule has 1 N–H and O–H groups in total. The topological polar surface area (TPSA) is 66.1 Å². The molecule has 0 spiro atoms. The van der Waals surface area contributed by atoms with E-state index in [9.17, 15) is 9.59 Å². The van der Waals surface area contributed by atoms with Gasteiger partial charge in [0.1, 0.15) is 12.0 Å². The van der Waals surface area contributed by atoms with E-state index in [0.717, 1.165) is 48.6 Å². The summed E-state index contributed by atoms with van der Waals surface area (Å²) >= 11 is 0. The summed E-state index contributed by atoms with van der Waals surface area (Å²) in [6.45, 7) is 3.45. The Labute approximate surface area is 165 Å². The Morgan fingerprint density at radius 3 is 2.86 bits per heavy atom. The van der Waals surface area contributed by atoms with Gasteiger partial charge in [0.2, 0.25) is 0 Å². The number of nitrogens with one attached hydrogen (secondary N) is 1. The number of aldehydes is 1. The van der Waals surface area contributed by atoms with E-state index >= 15 is 0 Å². The lowest BCUT2D eigenvalue weighted by Crippen LogP contribution is -2.47. The zero-order valence-corrected chi connectivity index (χ0v) is 16.2. The van der Waals surface area contributed by atoms with Gasteiger partial charge in [-0.2, -0.15) is 5.10 Å². The highest BCUT2D eigenvalue weighted by atomic mass is 16.1. The van der Waals surface area contributed by atoms with Crippen LogP contribution in [0, 0.1) is 17.8 Å². The van der Waals surface area contributed by atoms with E-state index in [1.54, 1.807) is 0 Å². The fraction of sp³-hybridized carbons (Fsp3) is 0.522. The third kappa shape index (κ3) is 3.22. The largest absolute Gasteiger partial charge is 0.303 e. The summed E-state index contributed by atoms with van der Waals surface area (Å²) in [5.74, 6) is 1.34. The molecular weight excluding hydrogens is 350 g/mol. The Morgan fingerprint density at radius 2 is 2.11 bits per heavy atom. The minimum Gasteiger partial charge on any atom is -0.303 e. The normalized spacial score (nSPS) is 29.6. The molecule has 3 saturated heterocycles. The minimum atomic E-state index is 0.0154. The van der Waals surface area contributed by atoms with Crippen molar-refractivity contribution in [3.63, 3.8) is 0 Å². The van der Waals surface area contributed by atoms with Gasteiger partial charge in [-0.1, -0.05) is 12.1 Å². The third-order valence-electron chi connectivity index (χ3n) is 7.01. The summed E-state index contributed by atoms with van der Waals surface area (Å²) in [5.41, 5.74) is 3.81. The zero-order chi connectivity index (χ0) is 19.1. The number of piperidine rings is 3. The van der Waals surface area contributed by atoms with Crippen LogP contribution >= 0.6 is 0 Å². The zero-order valence-electron chi connectivity index (χ0n) is 16.2. The molecule has 2 bridgehead atoms. The van der Waals surface area contributed by atoms with Gasteiger partial charge < -0.3 is 9.69 Å². The van der Waals surface area contributed by atoms with Crippen molar-refractivity contribution >= 4 is 28.5 Å². The van der Waals surface area contributed by atoms with E-state index < -0.39 is 0 Å². The van der Waals surface area contributed by atoms with Gasteiger partial charge in [-0.05, 0) is 80.3 Å². The lowest BCUT2D eigenvalue weighted by Gasteiger charge is -2.44. The molecule has 4 aliphatic rings. The van der Waals surface area contributed by atoms with Crippen LogP contribution in [-0.4, -0.2) is 46.8 Å². The van der Waals surface area contributed by atoms with E-state index in [2.05, 4.69) is 33.3 Å². The molecule has 0 saturated carbocycles. The van der Waals surface area contributed by atoms with Gasteiger partial charge in [0.25, 0.3) is 0 Å². The van der Waals surface area contributed by atoms with Crippen LogP contribution in [0.25, 0.3) is 16.5 Å². The molecule has 1 unspecified atom stereocenters. The molecule has 28 heavy (non-hydrogen) atoms. The number of benzene rings is 1. The first-order valence-corrected chi connectivity index (χ1v) is 10.6. The number of nitrogens with zero attached hydrogens (tertiary/aromatic N) is 2. The number of aromatic amines is 1. The summed E-state index contributed by atoms with van der Waals surface area (Å²) < 4.78 is 0. The highest BCUT2D eigenvalue weighted by molar-refractivity contribution is 6.06. The number of Topliss-reactive ketones (excluding diaryl/α,β-unsaturated/α-hetero) is 1. The minimum absolute atomic E-state index is 0.0154. The third-order valence-corrected chi connectivity index (χ3v) is 7.01. The van der Waals surface area contributed by atoms with Crippen molar-refractivity contribution < 1.29 is 9.59 Å². The number of hydrogen-bond acceptors (Lipinski definition) is 4. The van der Waals surface area contributed by atoms with Crippen molar-refractivity contribution in [1.82, 2.24) is 15.1 Å². The van der Waals surface area contributed by atoms with Gasteiger partial charge in [0, 0.05) is 24.3 Å². The fourth-order valence-electron chi connectivity index (χ4n) is 5.38. The van der Waals surface area contributed by atoms with Crippen molar-refractivity contribution in [2.75, 3.05) is 19.6 Å². The van der Waals surface area contributed by atoms with E-state index in [4.69, 9.17) is 0 Å². The van der Waals surface area contributed by atoms with E-state index in [1.165, 1.54) is 31.5 Å². The van der Waals surface area contributed by atoms with Gasteiger partial charge in [0.15, 0.2) is 5.78 Å². The van der Waals surface area contributed by atoms with Crippen LogP contribution in [0.5, 0.6) is 0 Å². The number of allylic oxidation sites excluding steroid dienone is 2. The first-order valence-electron chi connectivity index (χ1n) is 10.6. The second-order valence-corrected chi connectivity index (χ2v) is 8.74. The van der Waals surface area contributed by atoms with Crippen LogP contribution in [0.2, 0.25) is 0 Å². The molecule has 3 fully saturated rings. The molecule has 2 atom stereocenters. The van der Waals surface area contributed by atoms with E-state index in [-0.39, 0.29) is 11.7 Å². The molecule has 4 heterocycles. The molecule has 2 aromatic rings. The summed E-state index contributed by atoms with van der Waals surface area (Å²) in [6.07, 6.45) is 9.14. The Kier molecular flexibility index (Phi) is 4.63. The summed E-state index contributed by atoms with van der Waals surface area (Å²) in [6, 6.07) is 6.16. The second-order valence-electron chi connectivity index (χ2n) is 8.74. The standard InChI is InChI=1S/C23H27N3O2/c27-14-15-2-1-3-17(10-15)18-4-5-21-20(11-18)23(25-24-21)22(28)12-19-13-26-8-6-16(19)7-9-26/h4-5,10-11,14-16,19H,1-3,6-9,12-13H2,(H,24,25)/t15?,19-/m0/s1. The maximum atomic E-state index is 13.1. The van der Waals surface area contributed by atoms with Crippen molar-refractivity contribution in [2.24, 2.45) is 17.8 Å². The predicted molar refractivity (Wildman–Crippen MR) is 109 cm³/mol. The van der Waals surface area contributed by atoms with Gasteiger partial charge in [-0.3, -0.25) is 9.89 Å². The number of H-pyrrole nitrogens is 1. The maximum absolute atomic E-state index is 13.1. The Balaban J connectivity index is 1.41. The van der Waals surface area contributed by atoms with Crippen molar-refractivity contribution in [3.8, 4) is 0 Å². The molecule has 1 aromatic carbocycles. The number of carbonyl (C=O) groups is 2. The number of fused-ring (bicyclic) bond motifs is 4. The van der Waals surface area contributed by atoms with Crippen LogP contribution in [0.3, 0.4) is 0 Å². The molecule has 1 aromatic heterocycles. The lowest BCUT2D eigenvalue weighted by molar-refractivity contribution is -0.110. The molecular formula is C23H27N3O2. The van der Waals surface area contributed by atoms with Gasteiger partial charge in [-0.25, -0.2) is 0 Å². The Morgan fingerprint density at radius 1 is 1.25 bits per heavy atom. The van der Waals surface area contributed by atoms with Crippen molar-refractivity contribution in [1.29, 1.82) is 0 Å². The number of rotatable bonds is 5. The average molecular weight is 377 g/mol. The smallest absolute Gasteiger partial charge is 0.184 e. The molecule has 5 nitrogen and oxygen atoms in total. The van der Waals surface area contributed by atoms with Crippen LogP contribution in [0.15, 0.2) is 24.3 Å². The number of carbonyl (C=O) groups excluding carboxylic acids is 2. The Bertz CT molecular complexity index is 936. The molecule has 6 rings (SSSR count). The monoisotopic (exact) mass is 377 g/mol. The second kappa shape index (κ2) is 7.28. The first-order chi connectivity index (χ1) is 13.7. The quantitative estimate of drug-likeness (QED) is 0.635. The van der Waals surface area contributed by atoms with Crippen LogP contribution in [-0.2, 0) is 4.79 Å². The summed E-state index contributed by atoms with van der Waals surface area (Å²) in [7, 11) is 0. The van der Waals surface area contributed by atoms with Crippen molar-refractivity contribution in [3.05, 3.63) is 35.5 Å². The molecule has 1 aliphatic carbocycles. The molecule has 146 valence electrons. The first kappa shape index (κ1) is 17.8. The maximum Gasteiger partial charge on any atom is 0.184 e. The predicted octanol–water partition coefficient (Wildman–Crippen LogP) is 3.86. The van der Waals surface area contributed by atoms with Gasteiger partial charge >= 0.3 is 0 Å². The SMILES string of the molecule is O=CC1C=C(c2ccc3[nH]nc(C(=O)C[C@H]4CN5CCC4CC5)c3c2)CCC1. The average Bonchev–Trinajstić information content (AvgIpc) is 3.18. The van der Waals surface area contributed by atoms with Crippen molar-refractivity contribution in [2.45, 2.75) is 38.5 Å². The molecule has 5 heteroatoms. The van der Waals surface area contributed by atoms with Crippen LogP contribution in [0.4, 0.5) is 0 Å². The van der Waals surface area contributed by atoms with Gasteiger partial charge in [0.05, 0.1) is 5.52 Å². The highest BCUT2D eigenvalue weighted by Crippen LogP contribution is 2.36. The van der Waals surface area contributed by atoms with E-state index in [0.29, 0.717) is 24.0 Å². The summed E-state index contributed by atoms with van der Waals surface area (Å²) in [5, 5.41) is 8.32. The lowest BCUT2D eigenvalue weighted by atomic mass is 9.76. The number of hydrogen-bond donors (Lipinski definition) is 1. The molecule has 0 amide bonds. The van der Waals surface area contributed by atoms with E-state index in [1.807, 2.05) is 6.07 Å². The van der Waals surface area contributed by atoms with Crippen LogP contribution < -0.4 is 0 Å². The highest BCUT2D eigenvalue weighted by Gasteiger charge is 2.35. The van der Waals surface area contributed by atoms with Gasteiger partial charge in [-0.15, -0.1) is 0 Å². The number of ketones is 1. The molecule has 0 radical (unpaired) electrons. The molecule has 3 aliphatic heterocycles. The summed E-state index contributed by atoms with van der Waals surface area (Å²) in [4.78, 5) is 26.8. The Hall–Kier alpha value is -2.27.